The van der Waals surface area contributed by atoms with Crippen LogP contribution in [-0.4, -0.2) is 53.9 Å². The Labute approximate surface area is 170 Å². The monoisotopic (exact) mass is 382 g/mol. The SMILES string of the molecule is CCCCCCCCCCCCCCCCCC1N(CC)CCN1CCO. The molecule has 0 aliphatic carbocycles. The quantitative estimate of drug-likeness (QED) is 0.269. The number of hydrogen-bond donors (Lipinski definition) is 1. The second-order valence-corrected chi connectivity index (χ2v) is 8.61. The fraction of sp³-hybridized carbons (Fsp3) is 1.00. The van der Waals surface area contributed by atoms with E-state index in [1.165, 1.54) is 109 Å². The average Bonchev–Trinajstić information content (AvgIpc) is 3.07. The summed E-state index contributed by atoms with van der Waals surface area (Å²) < 4.78 is 0. The van der Waals surface area contributed by atoms with E-state index in [1.54, 1.807) is 0 Å². The third kappa shape index (κ3) is 12.1. The van der Waals surface area contributed by atoms with Crippen molar-refractivity contribution in [3.8, 4) is 0 Å². The molecule has 1 aliphatic heterocycles. The van der Waals surface area contributed by atoms with Crippen LogP contribution in [0.15, 0.2) is 0 Å². The number of unbranched alkanes of at least 4 members (excludes halogenated alkanes) is 14. The normalized spacial score (nSPS) is 18.6. The van der Waals surface area contributed by atoms with Gasteiger partial charge in [-0.1, -0.05) is 110 Å². The molecule has 3 nitrogen and oxygen atoms in total. The molecule has 0 aromatic carbocycles. The summed E-state index contributed by atoms with van der Waals surface area (Å²) in [6.45, 7) is 9.17. The maximum absolute atomic E-state index is 9.25. The van der Waals surface area contributed by atoms with Crippen LogP contribution in [0.4, 0.5) is 0 Å². The van der Waals surface area contributed by atoms with E-state index in [1.807, 2.05) is 0 Å². The second-order valence-electron chi connectivity index (χ2n) is 8.61. The lowest BCUT2D eigenvalue weighted by molar-refractivity contribution is 0.108. The summed E-state index contributed by atoms with van der Waals surface area (Å²) in [5, 5.41) is 9.25. The molecule has 0 amide bonds. The van der Waals surface area contributed by atoms with Crippen molar-refractivity contribution in [1.29, 1.82) is 0 Å². The van der Waals surface area contributed by atoms with Crippen LogP contribution < -0.4 is 0 Å². The minimum absolute atomic E-state index is 0.299. The Bertz CT molecular complexity index is 311. The molecule has 0 aromatic rings. The van der Waals surface area contributed by atoms with Gasteiger partial charge in [0, 0.05) is 19.6 Å². The summed E-state index contributed by atoms with van der Waals surface area (Å²) in [6.07, 6.45) is 23.4. The Balaban J connectivity index is 1.86. The molecule has 1 heterocycles. The number of hydrogen-bond acceptors (Lipinski definition) is 3. The Hall–Kier alpha value is -0.120. The van der Waals surface area contributed by atoms with Gasteiger partial charge in [0.15, 0.2) is 0 Å². The van der Waals surface area contributed by atoms with E-state index in [9.17, 15) is 5.11 Å². The maximum Gasteiger partial charge on any atom is 0.0624 e. The zero-order valence-corrected chi connectivity index (χ0v) is 18.8. The van der Waals surface area contributed by atoms with Gasteiger partial charge in [0.05, 0.1) is 12.8 Å². The second kappa shape index (κ2) is 17.9. The minimum atomic E-state index is 0.299. The fourth-order valence-corrected chi connectivity index (χ4v) is 4.61. The smallest absolute Gasteiger partial charge is 0.0624 e. The van der Waals surface area contributed by atoms with Crippen LogP contribution in [0.2, 0.25) is 0 Å². The van der Waals surface area contributed by atoms with Crippen LogP contribution in [0.1, 0.15) is 117 Å². The first-order valence-corrected chi connectivity index (χ1v) is 12.4. The van der Waals surface area contributed by atoms with Gasteiger partial charge in [-0.2, -0.15) is 0 Å². The maximum atomic E-state index is 9.25. The Morgan fingerprint density at radius 2 is 1.07 bits per heavy atom. The van der Waals surface area contributed by atoms with Crippen LogP contribution in [0.3, 0.4) is 0 Å². The van der Waals surface area contributed by atoms with Crippen molar-refractivity contribution in [1.82, 2.24) is 9.80 Å². The van der Waals surface area contributed by atoms with E-state index in [0.29, 0.717) is 12.8 Å². The molecule has 1 rings (SSSR count). The Kier molecular flexibility index (Phi) is 16.6. The summed E-state index contributed by atoms with van der Waals surface area (Å²) in [5.41, 5.74) is 0. The van der Waals surface area contributed by atoms with Crippen molar-refractivity contribution in [3.63, 3.8) is 0 Å². The number of aliphatic hydroxyl groups excluding tert-OH is 1. The molecule has 0 bridgehead atoms. The zero-order valence-electron chi connectivity index (χ0n) is 18.8. The molecule has 1 atom stereocenters. The molecule has 0 aromatic heterocycles. The largest absolute Gasteiger partial charge is 0.395 e. The first kappa shape index (κ1) is 24.9. The van der Waals surface area contributed by atoms with E-state index in [-0.39, 0.29) is 0 Å². The van der Waals surface area contributed by atoms with Crippen LogP contribution >= 0.6 is 0 Å². The lowest BCUT2D eigenvalue weighted by Crippen LogP contribution is -2.39. The van der Waals surface area contributed by atoms with Gasteiger partial charge in [-0.05, 0) is 13.0 Å². The first-order valence-electron chi connectivity index (χ1n) is 12.4. The van der Waals surface area contributed by atoms with Gasteiger partial charge in [-0.15, -0.1) is 0 Å². The zero-order chi connectivity index (χ0) is 19.6. The standard InChI is InChI=1S/C24H50N2O/c1-3-5-6-7-8-9-10-11-12-13-14-15-16-17-18-19-24-25(4-2)20-21-26(24)22-23-27/h24,27H,3-23H2,1-2H3. The number of nitrogens with zero attached hydrogens (tertiary/aromatic N) is 2. The molecule has 1 N–H and O–H groups in total. The highest BCUT2D eigenvalue weighted by Gasteiger charge is 2.29. The fourth-order valence-electron chi connectivity index (χ4n) is 4.61. The highest BCUT2D eigenvalue weighted by atomic mass is 16.3. The minimum Gasteiger partial charge on any atom is -0.395 e. The van der Waals surface area contributed by atoms with Crippen molar-refractivity contribution in [3.05, 3.63) is 0 Å². The molecule has 0 saturated carbocycles. The average molecular weight is 383 g/mol. The van der Waals surface area contributed by atoms with E-state index in [4.69, 9.17) is 0 Å². The highest BCUT2D eigenvalue weighted by molar-refractivity contribution is 4.80. The van der Waals surface area contributed by atoms with Crippen molar-refractivity contribution in [2.24, 2.45) is 0 Å². The number of likely N-dealkylation sites (N-methyl/N-ethyl adjacent to an activating group) is 1. The lowest BCUT2D eigenvalue weighted by atomic mass is 10.0. The van der Waals surface area contributed by atoms with Crippen molar-refractivity contribution in [2.75, 3.05) is 32.8 Å². The Morgan fingerprint density at radius 1 is 0.630 bits per heavy atom. The molecule has 1 saturated heterocycles. The topological polar surface area (TPSA) is 26.7 Å². The first-order chi connectivity index (χ1) is 13.3. The summed E-state index contributed by atoms with van der Waals surface area (Å²) >= 11 is 0. The van der Waals surface area contributed by atoms with Crippen molar-refractivity contribution in [2.45, 2.75) is 123 Å². The van der Waals surface area contributed by atoms with E-state index in [2.05, 4.69) is 23.6 Å². The molecule has 162 valence electrons. The van der Waals surface area contributed by atoms with Crippen LogP contribution in [0.5, 0.6) is 0 Å². The van der Waals surface area contributed by atoms with Crippen molar-refractivity contribution >= 4 is 0 Å². The number of aliphatic hydroxyl groups is 1. The summed E-state index contributed by atoms with van der Waals surface area (Å²) in [6, 6.07) is 0. The van der Waals surface area contributed by atoms with Gasteiger partial charge in [0.2, 0.25) is 0 Å². The third-order valence-electron chi connectivity index (χ3n) is 6.38. The summed E-state index contributed by atoms with van der Waals surface area (Å²) in [7, 11) is 0. The van der Waals surface area contributed by atoms with Gasteiger partial charge in [0.25, 0.3) is 0 Å². The molecule has 27 heavy (non-hydrogen) atoms. The van der Waals surface area contributed by atoms with Crippen LogP contribution in [0, 0.1) is 0 Å². The molecular formula is C24H50N2O. The van der Waals surface area contributed by atoms with Crippen LogP contribution in [-0.2, 0) is 0 Å². The van der Waals surface area contributed by atoms with Gasteiger partial charge < -0.3 is 5.11 Å². The summed E-state index contributed by atoms with van der Waals surface area (Å²) in [4.78, 5) is 5.06. The molecule has 1 fully saturated rings. The van der Waals surface area contributed by atoms with Crippen LogP contribution in [0.25, 0.3) is 0 Å². The van der Waals surface area contributed by atoms with Crippen molar-refractivity contribution < 1.29 is 5.11 Å². The molecule has 3 heteroatoms. The molecule has 0 radical (unpaired) electrons. The van der Waals surface area contributed by atoms with Gasteiger partial charge in [-0.25, -0.2) is 0 Å². The highest BCUT2D eigenvalue weighted by Crippen LogP contribution is 2.20. The molecule has 0 spiro atoms. The number of β-amino-alcohol motifs (C(OH)–C–C–N with tert-alkyl or cyclic N) is 1. The molecule has 1 unspecified atom stereocenters. The number of rotatable bonds is 19. The predicted octanol–water partition coefficient (Wildman–Crippen LogP) is 6.20. The summed E-state index contributed by atoms with van der Waals surface area (Å²) in [5.74, 6) is 0. The predicted molar refractivity (Wildman–Crippen MR) is 119 cm³/mol. The van der Waals surface area contributed by atoms with Gasteiger partial charge in [-0.3, -0.25) is 9.80 Å². The van der Waals surface area contributed by atoms with Gasteiger partial charge >= 0.3 is 0 Å². The molecular weight excluding hydrogens is 332 g/mol. The third-order valence-corrected chi connectivity index (χ3v) is 6.38. The van der Waals surface area contributed by atoms with E-state index in [0.717, 1.165) is 19.6 Å². The van der Waals surface area contributed by atoms with Gasteiger partial charge in [0.1, 0.15) is 0 Å². The van der Waals surface area contributed by atoms with E-state index >= 15 is 0 Å². The van der Waals surface area contributed by atoms with E-state index < -0.39 is 0 Å². The lowest BCUT2D eigenvalue weighted by Gasteiger charge is -2.29. The Morgan fingerprint density at radius 3 is 1.52 bits per heavy atom. The molecule has 1 aliphatic rings.